The summed E-state index contributed by atoms with van der Waals surface area (Å²) in [5.41, 5.74) is 2.64. The van der Waals surface area contributed by atoms with Crippen molar-refractivity contribution in [3.05, 3.63) is 47.0 Å². The third kappa shape index (κ3) is 3.15. The van der Waals surface area contributed by atoms with Crippen LogP contribution in [0.4, 0.5) is 4.39 Å². The standard InChI is InChI=1S/C17H18FN3O3/c1-10(8-15(22)23)19-17(24)16-13-6-3-7-14(13)21(20-16)12-5-2-4-11(18)9-12/h2,4-5,9-10H,3,6-8H2,1H3,(H,19,24)(H,22,23). The minimum atomic E-state index is -0.974. The maximum absolute atomic E-state index is 13.5. The van der Waals surface area contributed by atoms with E-state index in [0.717, 1.165) is 30.5 Å². The number of nitrogens with zero attached hydrogens (tertiary/aromatic N) is 2. The molecule has 1 amide bonds. The van der Waals surface area contributed by atoms with Gasteiger partial charge in [0.05, 0.1) is 12.1 Å². The van der Waals surface area contributed by atoms with Gasteiger partial charge in [-0.25, -0.2) is 9.07 Å². The minimum Gasteiger partial charge on any atom is -0.481 e. The van der Waals surface area contributed by atoms with Gasteiger partial charge in [0.2, 0.25) is 0 Å². The van der Waals surface area contributed by atoms with Gasteiger partial charge in [-0.2, -0.15) is 5.10 Å². The van der Waals surface area contributed by atoms with E-state index in [1.165, 1.54) is 12.1 Å². The fourth-order valence-corrected chi connectivity index (χ4v) is 3.05. The molecule has 24 heavy (non-hydrogen) atoms. The Hall–Kier alpha value is -2.70. The third-order valence-electron chi connectivity index (χ3n) is 4.06. The van der Waals surface area contributed by atoms with Gasteiger partial charge in [-0.3, -0.25) is 9.59 Å². The number of halogens is 1. The molecule has 2 N–H and O–H groups in total. The van der Waals surface area contributed by atoms with Crippen molar-refractivity contribution in [3.8, 4) is 5.69 Å². The third-order valence-corrected chi connectivity index (χ3v) is 4.06. The summed E-state index contributed by atoms with van der Waals surface area (Å²) in [5.74, 6) is -1.73. The number of carboxylic acid groups (broad SMARTS) is 1. The second-order valence-electron chi connectivity index (χ2n) is 5.99. The number of hydrogen-bond donors (Lipinski definition) is 2. The maximum Gasteiger partial charge on any atom is 0.305 e. The fraction of sp³-hybridized carbons (Fsp3) is 0.353. The Labute approximate surface area is 138 Å². The first-order valence-electron chi connectivity index (χ1n) is 7.85. The van der Waals surface area contributed by atoms with E-state index in [-0.39, 0.29) is 12.2 Å². The Morgan fingerprint density at radius 3 is 2.92 bits per heavy atom. The van der Waals surface area contributed by atoms with Crippen molar-refractivity contribution in [2.75, 3.05) is 0 Å². The van der Waals surface area contributed by atoms with Gasteiger partial charge in [-0.15, -0.1) is 0 Å². The minimum absolute atomic E-state index is 0.154. The Morgan fingerprint density at radius 2 is 2.21 bits per heavy atom. The molecule has 3 rings (SSSR count). The van der Waals surface area contributed by atoms with Gasteiger partial charge in [-0.05, 0) is 44.4 Å². The van der Waals surface area contributed by atoms with E-state index in [0.29, 0.717) is 11.4 Å². The van der Waals surface area contributed by atoms with Crippen LogP contribution in [0.3, 0.4) is 0 Å². The number of hydrogen-bond acceptors (Lipinski definition) is 3. The summed E-state index contributed by atoms with van der Waals surface area (Å²) in [6, 6.07) is 5.58. The van der Waals surface area contributed by atoms with E-state index in [1.807, 2.05) is 0 Å². The molecule has 1 unspecified atom stereocenters. The van der Waals surface area contributed by atoms with Crippen LogP contribution in [0, 0.1) is 5.82 Å². The maximum atomic E-state index is 13.5. The lowest BCUT2D eigenvalue weighted by Crippen LogP contribution is -2.35. The molecule has 2 aromatic rings. The summed E-state index contributed by atoms with van der Waals surface area (Å²) in [7, 11) is 0. The molecule has 1 atom stereocenters. The van der Waals surface area contributed by atoms with E-state index in [9.17, 15) is 14.0 Å². The van der Waals surface area contributed by atoms with Gasteiger partial charge in [0.15, 0.2) is 5.69 Å². The average Bonchev–Trinajstić information content (AvgIpc) is 3.07. The van der Waals surface area contributed by atoms with Crippen LogP contribution in [0.2, 0.25) is 0 Å². The number of nitrogens with one attached hydrogen (secondary N) is 1. The molecule has 0 fully saturated rings. The zero-order valence-electron chi connectivity index (χ0n) is 13.3. The van der Waals surface area contributed by atoms with Crippen molar-refractivity contribution in [3.63, 3.8) is 0 Å². The lowest BCUT2D eigenvalue weighted by atomic mass is 10.1. The second kappa shape index (κ2) is 6.43. The number of benzene rings is 1. The largest absolute Gasteiger partial charge is 0.481 e. The summed E-state index contributed by atoms with van der Waals surface area (Å²) in [6.45, 7) is 1.63. The quantitative estimate of drug-likeness (QED) is 0.879. The van der Waals surface area contributed by atoms with Crippen LogP contribution in [0.5, 0.6) is 0 Å². The number of aromatic nitrogens is 2. The lowest BCUT2D eigenvalue weighted by Gasteiger charge is -2.10. The van der Waals surface area contributed by atoms with Gasteiger partial charge in [0.25, 0.3) is 5.91 Å². The Balaban J connectivity index is 1.91. The molecule has 0 saturated carbocycles. The second-order valence-corrected chi connectivity index (χ2v) is 5.99. The van der Waals surface area contributed by atoms with E-state index < -0.39 is 17.9 Å². The molecule has 7 heteroatoms. The summed E-state index contributed by atoms with van der Waals surface area (Å²) >= 11 is 0. The number of rotatable bonds is 5. The number of carboxylic acids is 1. The Morgan fingerprint density at radius 1 is 1.42 bits per heavy atom. The van der Waals surface area contributed by atoms with Crippen LogP contribution in [0.1, 0.15) is 41.5 Å². The zero-order valence-corrected chi connectivity index (χ0v) is 13.3. The summed E-state index contributed by atoms with van der Waals surface area (Å²) in [5, 5.41) is 15.8. The molecule has 1 aromatic heterocycles. The molecule has 1 aliphatic rings. The predicted octanol–water partition coefficient (Wildman–Crippen LogP) is 2.09. The highest BCUT2D eigenvalue weighted by Gasteiger charge is 2.27. The number of fused-ring (bicyclic) bond motifs is 1. The Kier molecular flexibility index (Phi) is 4.33. The molecule has 6 nitrogen and oxygen atoms in total. The van der Waals surface area contributed by atoms with Gasteiger partial charge in [0.1, 0.15) is 5.82 Å². The number of carbonyl (C=O) groups is 2. The highest BCUT2D eigenvalue weighted by atomic mass is 19.1. The monoisotopic (exact) mass is 331 g/mol. The van der Waals surface area contributed by atoms with Crippen LogP contribution >= 0.6 is 0 Å². The number of carbonyl (C=O) groups excluding carboxylic acids is 1. The predicted molar refractivity (Wildman–Crippen MR) is 84.7 cm³/mol. The lowest BCUT2D eigenvalue weighted by molar-refractivity contribution is -0.137. The normalized spacial score (nSPS) is 14.2. The fourth-order valence-electron chi connectivity index (χ4n) is 3.05. The zero-order chi connectivity index (χ0) is 17.3. The van der Waals surface area contributed by atoms with E-state index in [4.69, 9.17) is 5.11 Å². The summed E-state index contributed by atoms with van der Waals surface area (Å²) in [6.07, 6.45) is 2.27. The van der Waals surface area contributed by atoms with Crippen molar-refractivity contribution in [2.24, 2.45) is 0 Å². The van der Waals surface area contributed by atoms with Gasteiger partial charge < -0.3 is 10.4 Å². The molecule has 0 radical (unpaired) electrons. The summed E-state index contributed by atoms with van der Waals surface area (Å²) < 4.78 is 15.1. The first-order chi connectivity index (χ1) is 11.5. The molecule has 0 spiro atoms. The molecule has 0 aliphatic heterocycles. The van der Waals surface area contributed by atoms with Gasteiger partial charge in [-0.1, -0.05) is 6.07 Å². The molecule has 1 aliphatic carbocycles. The average molecular weight is 331 g/mol. The van der Waals surface area contributed by atoms with E-state index in [1.54, 1.807) is 23.7 Å². The van der Waals surface area contributed by atoms with Gasteiger partial charge >= 0.3 is 5.97 Å². The first-order valence-corrected chi connectivity index (χ1v) is 7.85. The van der Waals surface area contributed by atoms with Crippen molar-refractivity contribution < 1.29 is 19.1 Å². The van der Waals surface area contributed by atoms with Crippen molar-refractivity contribution in [1.82, 2.24) is 15.1 Å². The molecular weight excluding hydrogens is 313 g/mol. The molecule has 126 valence electrons. The van der Waals surface area contributed by atoms with Crippen LogP contribution in [0.15, 0.2) is 24.3 Å². The highest BCUT2D eigenvalue weighted by Crippen LogP contribution is 2.28. The molecule has 1 heterocycles. The van der Waals surface area contributed by atoms with Crippen molar-refractivity contribution >= 4 is 11.9 Å². The Bertz CT molecular complexity index is 800. The SMILES string of the molecule is CC(CC(=O)O)NC(=O)c1nn(-c2cccc(F)c2)c2c1CCC2. The molecule has 0 saturated heterocycles. The van der Waals surface area contributed by atoms with Crippen LogP contribution < -0.4 is 5.32 Å². The molecular formula is C17H18FN3O3. The van der Waals surface area contributed by atoms with Crippen LogP contribution in [-0.2, 0) is 17.6 Å². The van der Waals surface area contributed by atoms with Crippen molar-refractivity contribution in [1.29, 1.82) is 0 Å². The summed E-state index contributed by atoms with van der Waals surface area (Å²) in [4.78, 5) is 23.2. The molecule has 0 bridgehead atoms. The van der Waals surface area contributed by atoms with E-state index in [2.05, 4.69) is 10.4 Å². The topological polar surface area (TPSA) is 84.2 Å². The number of aliphatic carboxylic acids is 1. The van der Waals surface area contributed by atoms with Crippen LogP contribution in [-0.4, -0.2) is 32.8 Å². The highest BCUT2D eigenvalue weighted by molar-refractivity contribution is 5.94. The van der Waals surface area contributed by atoms with Crippen molar-refractivity contribution in [2.45, 2.75) is 38.6 Å². The van der Waals surface area contributed by atoms with Crippen LogP contribution in [0.25, 0.3) is 5.69 Å². The first kappa shape index (κ1) is 16.2. The number of amides is 1. The molecule has 1 aromatic carbocycles. The van der Waals surface area contributed by atoms with Gasteiger partial charge in [0, 0.05) is 17.3 Å². The van der Waals surface area contributed by atoms with E-state index >= 15 is 0 Å². The smallest absolute Gasteiger partial charge is 0.305 e.